The highest BCUT2D eigenvalue weighted by Gasteiger charge is 2.43. The van der Waals surface area contributed by atoms with Gasteiger partial charge >= 0.3 is 0 Å². The Morgan fingerprint density at radius 3 is 2.78 bits per heavy atom. The molecule has 18 heavy (non-hydrogen) atoms. The van der Waals surface area contributed by atoms with Gasteiger partial charge in [0.25, 0.3) is 0 Å². The molecular weight excluding hydrogens is 249 g/mol. The summed E-state index contributed by atoms with van der Waals surface area (Å²) in [6.07, 6.45) is 5.34. The highest BCUT2D eigenvalue weighted by Crippen LogP contribution is 2.53. The van der Waals surface area contributed by atoms with E-state index >= 15 is 0 Å². The van der Waals surface area contributed by atoms with E-state index in [2.05, 4.69) is 5.32 Å². The lowest BCUT2D eigenvalue weighted by atomic mass is 9.80. The van der Waals surface area contributed by atoms with E-state index in [1.165, 1.54) is 31.7 Å². The monoisotopic (exact) mass is 267 g/mol. The Morgan fingerprint density at radius 1 is 1.33 bits per heavy atom. The molecule has 0 amide bonds. The van der Waals surface area contributed by atoms with E-state index in [4.69, 9.17) is 11.6 Å². The van der Waals surface area contributed by atoms with Gasteiger partial charge in [0.15, 0.2) is 0 Å². The standard InChI is InChI=1S/C15H19ClFN/c1-18-15(11-3-2-4-13(17)14(11)16)12-8-9-5-6-10(12)7-9/h2-4,9-10,12,15,18H,5-8H2,1H3. The van der Waals surface area contributed by atoms with Gasteiger partial charge in [-0.25, -0.2) is 4.39 Å². The molecule has 4 atom stereocenters. The summed E-state index contributed by atoms with van der Waals surface area (Å²) in [6.45, 7) is 0. The number of rotatable bonds is 3. The minimum absolute atomic E-state index is 0.198. The number of benzene rings is 1. The molecule has 2 aliphatic rings. The molecule has 0 radical (unpaired) electrons. The Bertz CT molecular complexity index is 448. The molecule has 0 spiro atoms. The van der Waals surface area contributed by atoms with Gasteiger partial charge in [-0.2, -0.15) is 0 Å². The van der Waals surface area contributed by atoms with E-state index < -0.39 is 0 Å². The van der Waals surface area contributed by atoms with E-state index in [1.807, 2.05) is 13.1 Å². The summed E-state index contributed by atoms with van der Waals surface area (Å²) in [5.41, 5.74) is 0.928. The van der Waals surface area contributed by atoms with Gasteiger partial charge in [-0.05, 0) is 55.7 Å². The van der Waals surface area contributed by atoms with E-state index in [-0.39, 0.29) is 11.9 Å². The first-order valence-electron chi connectivity index (χ1n) is 6.82. The second-order valence-corrected chi connectivity index (χ2v) is 6.13. The van der Waals surface area contributed by atoms with Gasteiger partial charge in [0, 0.05) is 6.04 Å². The van der Waals surface area contributed by atoms with Crippen molar-refractivity contribution in [3.63, 3.8) is 0 Å². The summed E-state index contributed by atoms with van der Waals surface area (Å²) < 4.78 is 13.6. The van der Waals surface area contributed by atoms with Gasteiger partial charge in [0.1, 0.15) is 5.82 Å². The largest absolute Gasteiger partial charge is 0.313 e. The smallest absolute Gasteiger partial charge is 0.142 e. The third-order valence-corrected chi connectivity index (χ3v) is 5.25. The van der Waals surface area contributed by atoms with E-state index in [0.717, 1.165) is 17.4 Å². The molecule has 2 saturated carbocycles. The molecule has 2 aliphatic carbocycles. The molecule has 3 rings (SSSR count). The van der Waals surface area contributed by atoms with Crippen molar-refractivity contribution in [2.75, 3.05) is 7.05 Å². The molecule has 1 nitrogen and oxygen atoms in total. The van der Waals surface area contributed by atoms with Crippen LogP contribution in [0, 0.1) is 23.6 Å². The molecule has 0 saturated heterocycles. The maximum atomic E-state index is 13.6. The predicted octanol–water partition coefficient (Wildman–Crippen LogP) is 4.18. The van der Waals surface area contributed by atoms with E-state index in [1.54, 1.807) is 6.07 Å². The second kappa shape index (κ2) is 4.82. The van der Waals surface area contributed by atoms with Crippen LogP contribution in [0.25, 0.3) is 0 Å². The Hall–Kier alpha value is -0.600. The number of hydrogen-bond acceptors (Lipinski definition) is 1. The lowest BCUT2D eigenvalue weighted by molar-refractivity contribution is 0.259. The second-order valence-electron chi connectivity index (χ2n) is 5.75. The van der Waals surface area contributed by atoms with Gasteiger partial charge in [-0.15, -0.1) is 0 Å². The first-order valence-corrected chi connectivity index (χ1v) is 7.19. The van der Waals surface area contributed by atoms with E-state index in [0.29, 0.717) is 10.9 Å². The number of nitrogens with one attached hydrogen (secondary N) is 1. The van der Waals surface area contributed by atoms with Crippen molar-refractivity contribution in [3.05, 3.63) is 34.6 Å². The average Bonchev–Trinajstić information content (AvgIpc) is 2.98. The normalized spacial score (nSPS) is 31.8. The summed E-state index contributed by atoms with van der Waals surface area (Å²) >= 11 is 6.13. The maximum Gasteiger partial charge on any atom is 0.142 e. The van der Waals surface area contributed by atoms with Crippen LogP contribution in [-0.4, -0.2) is 7.05 Å². The maximum absolute atomic E-state index is 13.6. The molecule has 0 heterocycles. The van der Waals surface area contributed by atoms with Crippen molar-refractivity contribution < 1.29 is 4.39 Å². The van der Waals surface area contributed by atoms with Crippen molar-refractivity contribution >= 4 is 11.6 Å². The first-order chi connectivity index (χ1) is 8.70. The van der Waals surface area contributed by atoms with Gasteiger partial charge in [0.05, 0.1) is 5.02 Å². The van der Waals surface area contributed by atoms with Gasteiger partial charge in [-0.1, -0.05) is 30.2 Å². The van der Waals surface area contributed by atoms with Crippen molar-refractivity contribution in [1.82, 2.24) is 5.32 Å². The van der Waals surface area contributed by atoms with Crippen molar-refractivity contribution in [2.24, 2.45) is 17.8 Å². The van der Waals surface area contributed by atoms with E-state index in [9.17, 15) is 4.39 Å². The molecular formula is C15H19ClFN. The molecule has 0 aliphatic heterocycles. The lowest BCUT2D eigenvalue weighted by Gasteiger charge is -2.31. The molecule has 2 bridgehead atoms. The number of fused-ring (bicyclic) bond motifs is 2. The molecule has 2 fully saturated rings. The summed E-state index contributed by atoms with van der Waals surface area (Å²) in [7, 11) is 1.96. The summed E-state index contributed by atoms with van der Waals surface area (Å²) in [5.74, 6) is 2.00. The van der Waals surface area contributed by atoms with Crippen molar-refractivity contribution in [3.8, 4) is 0 Å². The predicted molar refractivity (Wildman–Crippen MR) is 72.1 cm³/mol. The Labute approximate surface area is 113 Å². The van der Waals surface area contributed by atoms with Crippen LogP contribution in [0.15, 0.2) is 18.2 Å². The van der Waals surface area contributed by atoms with Crippen LogP contribution in [0.1, 0.15) is 37.3 Å². The number of halogens is 2. The van der Waals surface area contributed by atoms with Crippen molar-refractivity contribution in [2.45, 2.75) is 31.7 Å². The molecule has 4 unspecified atom stereocenters. The fourth-order valence-electron chi connectivity index (χ4n) is 4.06. The van der Waals surface area contributed by atoms with Gasteiger partial charge in [-0.3, -0.25) is 0 Å². The third-order valence-electron chi connectivity index (χ3n) is 4.85. The zero-order valence-electron chi connectivity index (χ0n) is 10.6. The van der Waals surface area contributed by atoms with Crippen LogP contribution in [-0.2, 0) is 0 Å². The minimum atomic E-state index is -0.308. The highest BCUT2D eigenvalue weighted by atomic mass is 35.5. The molecule has 0 aromatic heterocycles. The van der Waals surface area contributed by atoms with Crippen molar-refractivity contribution in [1.29, 1.82) is 0 Å². The minimum Gasteiger partial charge on any atom is -0.313 e. The zero-order valence-corrected chi connectivity index (χ0v) is 11.4. The van der Waals surface area contributed by atoms with Crippen LogP contribution >= 0.6 is 11.6 Å². The lowest BCUT2D eigenvalue weighted by Crippen LogP contribution is -2.29. The highest BCUT2D eigenvalue weighted by molar-refractivity contribution is 6.31. The molecule has 1 aromatic carbocycles. The summed E-state index contributed by atoms with van der Waals surface area (Å²) in [4.78, 5) is 0. The first kappa shape index (κ1) is 12.4. The Kier molecular flexibility index (Phi) is 3.33. The van der Waals surface area contributed by atoms with Crippen LogP contribution in [0.5, 0.6) is 0 Å². The van der Waals surface area contributed by atoms with Crippen LogP contribution in [0.4, 0.5) is 4.39 Å². The quantitative estimate of drug-likeness (QED) is 0.866. The average molecular weight is 268 g/mol. The van der Waals surface area contributed by atoms with Crippen LogP contribution in [0.2, 0.25) is 5.02 Å². The van der Waals surface area contributed by atoms with Crippen LogP contribution in [0.3, 0.4) is 0 Å². The van der Waals surface area contributed by atoms with Gasteiger partial charge in [0.2, 0.25) is 0 Å². The zero-order chi connectivity index (χ0) is 12.7. The fraction of sp³-hybridized carbons (Fsp3) is 0.600. The van der Waals surface area contributed by atoms with Crippen LogP contribution < -0.4 is 5.32 Å². The fourth-order valence-corrected chi connectivity index (χ4v) is 4.31. The SMILES string of the molecule is CNC(c1cccc(F)c1Cl)C1CC2CCC1C2. The molecule has 3 heteroatoms. The Balaban J connectivity index is 1.90. The molecule has 1 aromatic rings. The van der Waals surface area contributed by atoms with Gasteiger partial charge < -0.3 is 5.32 Å². The molecule has 98 valence electrons. The summed E-state index contributed by atoms with van der Waals surface area (Å²) in [5, 5.41) is 3.65. The third kappa shape index (κ3) is 1.96. The Morgan fingerprint density at radius 2 is 2.17 bits per heavy atom. The topological polar surface area (TPSA) is 12.0 Å². The molecule has 1 N–H and O–H groups in total. The summed E-state index contributed by atoms with van der Waals surface area (Å²) in [6, 6.07) is 5.34. The number of hydrogen-bond donors (Lipinski definition) is 1.